The average molecular weight is 444 g/mol. The molecule has 0 fully saturated rings. The molecular formula is C26H25N3O4. The van der Waals surface area contributed by atoms with Crippen LogP contribution in [-0.4, -0.2) is 37.3 Å². The van der Waals surface area contributed by atoms with Crippen LogP contribution in [0.25, 0.3) is 22.0 Å². The number of hydrogen-bond acceptors (Lipinski definition) is 5. The Bertz CT molecular complexity index is 1310. The summed E-state index contributed by atoms with van der Waals surface area (Å²) in [6, 6.07) is 23.0. The van der Waals surface area contributed by atoms with Gasteiger partial charge in [0.05, 0.1) is 18.0 Å². The number of nitrogens with zero attached hydrogens (tertiary/aromatic N) is 3. The van der Waals surface area contributed by atoms with E-state index in [0.717, 1.165) is 21.4 Å². The molecule has 0 unspecified atom stereocenters. The number of hydrogen-bond donors (Lipinski definition) is 2. The van der Waals surface area contributed by atoms with Crippen LogP contribution in [0.5, 0.6) is 0 Å². The predicted octanol–water partition coefficient (Wildman–Crippen LogP) is 3.46. The summed E-state index contributed by atoms with van der Waals surface area (Å²) >= 11 is 0. The second-order valence-electron chi connectivity index (χ2n) is 8.21. The summed E-state index contributed by atoms with van der Waals surface area (Å²) in [5.41, 5.74) is 4.44. The van der Waals surface area contributed by atoms with E-state index < -0.39 is 23.6 Å². The van der Waals surface area contributed by atoms with E-state index in [4.69, 9.17) is 0 Å². The highest BCUT2D eigenvalue weighted by Gasteiger charge is 2.28. The zero-order valence-corrected chi connectivity index (χ0v) is 18.3. The van der Waals surface area contributed by atoms with E-state index in [-0.39, 0.29) is 13.0 Å². The van der Waals surface area contributed by atoms with E-state index in [1.807, 2.05) is 31.2 Å². The van der Waals surface area contributed by atoms with Gasteiger partial charge in [-0.2, -0.15) is 0 Å². The van der Waals surface area contributed by atoms with Gasteiger partial charge in [0, 0.05) is 0 Å². The van der Waals surface area contributed by atoms with Crippen LogP contribution in [0.3, 0.4) is 0 Å². The Morgan fingerprint density at radius 1 is 0.970 bits per heavy atom. The molecule has 0 aliphatic carbocycles. The van der Waals surface area contributed by atoms with Gasteiger partial charge in [-0.05, 0) is 48.6 Å². The normalized spacial score (nSPS) is 13.0. The van der Waals surface area contributed by atoms with Crippen molar-refractivity contribution in [3.63, 3.8) is 0 Å². The Kier molecular flexibility index (Phi) is 6.60. The first-order valence-corrected chi connectivity index (χ1v) is 10.8. The number of aromatic nitrogens is 3. The van der Waals surface area contributed by atoms with Gasteiger partial charge in [-0.3, -0.25) is 9.59 Å². The van der Waals surface area contributed by atoms with Crippen molar-refractivity contribution in [3.05, 3.63) is 94.3 Å². The molecule has 3 aromatic carbocycles. The van der Waals surface area contributed by atoms with E-state index in [0.29, 0.717) is 17.3 Å². The van der Waals surface area contributed by atoms with Crippen LogP contribution in [0, 0.1) is 12.8 Å². The van der Waals surface area contributed by atoms with Gasteiger partial charge < -0.3 is 10.2 Å². The van der Waals surface area contributed by atoms with E-state index >= 15 is 0 Å². The number of carbonyl (C=O) groups is 1. The molecule has 0 bridgehead atoms. The van der Waals surface area contributed by atoms with E-state index in [2.05, 4.69) is 34.6 Å². The number of aliphatic hydroxyl groups excluding tert-OH is 1. The Labute approximate surface area is 190 Å². The quantitative estimate of drug-likeness (QED) is 0.432. The molecule has 7 heteroatoms. The van der Waals surface area contributed by atoms with Gasteiger partial charge in [0.1, 0.15) is 11.4 Å². The molecule has 2 atom stereocenters. The molecule has 1 heterocycles. The fourth-order valence-electron chi connectivity index (χ4n) is 3.82. The SMILES string of the molecule is Cc1ccc(-c2ccc(CC[C@@H](O)[C@H](Cn3nnc4ccccc4c3=O)C(=O)O)cc2)cc1. The van der Waals surface area contributed by atoms with Crippen molar-refractivity contribution in [2.75, 3.05) is 0 Å². The highest BCUT2D eigenvalue weighted by atomic mass is 16.4. The minimum atomic E-state index is -1.18. The largest absolute Gasteiger partial charge is 0.481 e. The number of aliphatic carboxylic acids is 1. The maximum Gasteiger partial charge on any atom is 0.311 e. The van der Waals surface area contributed by atoms with Gasteiger partial charge in [0.15, 0.2) is 0 Å². The van der Waals surface area contributed by atoms with Crippen molar-refractivity contribution in [2.45, 2.75) is 32.4 Å². The van der Waals surface area contributed by atoms with Crippen LogP contribution in [-0.2, 0) is 17.8 Å². The minimum Gasteiger partial charge on any atom is -0.481 e. The summed E-state index contributed by atoms with van der Waals surface area (Å²) in [7, 11) is 0. The zero-order chi connectivity index (χ0) is 23.4. The highest BCUT2D eigenvalue weighted by molar-refractivity contribution is 5.76. The third-order valence-corrected chi connectivity index (χ3v) is 5.85. The maximum absolute atomic E-state index is 12.6. The summed E-state index contributed by atoms with van der Waals surface area (Å²) in [5.74, 6) is -2.36. The molecule has 0 saturated heterocycles. The van der Waals surface area contributed by atoms with Crippen molar-refractivity contribution >= 4 is 16.9 Å². The van der Waals surface area contributed by atoms with Gasteiger partial charge in [-0.1, -0.05) is 71.4 Å². The van der Waals surface area contributed by atoms with Crippen molar-refractivity contribution in [1.82, 2.24) is 15.0 Å². The Morgan fingerprint density at radius 2 is 1.61 bits per heavy atom. The lowest BCUT2D eigenvalue weighted by molar-refractivity contribution is -0.146. The Hall–Kier alpha value is -3.84. The van der Waals surface area contributed by atoms with Crippen molar-refractivity contribution in [2.24, 2.45) is 5.92 Å². The molecule has 0 spiro atoms. The summed E-state index contributed by atoms with van der Waals surface area (Å²) in [6.07, 6.45) is -0.381. The first-order valence-electron chi connectivity index (χ1n) is 10.8. The van der Waals surface area contributed by atoms with Crippen LogP contribution in [0.2, 0.25) is 0 Å². The summed E-state index contributed by atoms with van der Waals surface area (Å²) < 4.78 is 1.01. The molecular weight excluding hydrogens is 418 g/mol. The van der Waals surface area contributed by atoms with Gasteiger partial charge in [0.2, 0.25) is 0 Å². The summed E-state index contributed by atoms with van der Waals surface area (Å²) in [6.45, 7) is 1.80. The number of carboxylic acid groups (broad SMARTS) is 1. The maximum atomic E-state index is 12.6. The lowest BCUT2D eigenvalue weighted by Crippen LogP contribution is -2.37. The number of carboxylic acids is 1. The van der Waals surface area contributed by atoms with Crippen LogP contribution in [0.15, 0.2) is 77.6 Å². The minimum absolute atomic E-state index is 0.247. The van der Waals surface area contributed by atoms with Crippen molar-refractivity contribution in [3.8, 4) is 11.1 Å². The third kappa shape index (κ3) is 5.15. The lowest BCUT2D eigenvalue weighted by Gasteiger charge is -2.19. The van der Waals surface area contributed by atoms with Gasteiger partial charge in [-0.25, -0.2) is 4.68 Å². The number of rotatable bonds is 8. The molecule has 0 aliphatic rings. The first kappa shape index (κ1) is 22.4. The fourth-order valence-corrected chi connectivity index (χ4v) is 3.82. The number of aliphatic hydroxyl groups is 1. The molecule has 4 aromatic rings. The standard InChI is InChI=1S/C26H25N3O4/c1-17-6-11-19(12-7-17)20-13-8-18(9-14-20)10-15-24(30)22(26(32)33)16-29-25(31)21-4-2-3-5-23(21)27-28-29/h2-9,11-14,22,24,30H,10,15-16H2,1H3,(H,32,33)/t22-,24+/m0/s1. The number of aryl methyl sites for hydroxylation is 2. The first-order chi connectivity index (χ1) is 15.9. The molecule has 0 amide bonds. The monoisotopic (exact) mass is 443 g/mol. The summed E-state index contributed by atoms with van der Waals surface area (Å²) in [4.78, 5) is 24.5. The molecule has 2 N–H and O–H groups in total. The molecule has 7 nitrogen and oxygen atoms in total. The van der Waals surface area contributed by atoms with Crippen LogP contribution < -0.4 is 5.56 Å². The van der Waals surface area contributed by atoms with E-state index in [1.165, 1.54) is 5.56 Å². The predicted molar refractivity (Wildman–Crippen MR) is 126 cm³/mol. The van der Waals surface area contributed by atoms with E-state index in [9.17, 15) is 19.8 Å². The second kappa shape index (κ2) is 9.75. The van der Waals surface area contributed by atoms with Gasteiger partial charge in [-0.15, -0.1) is 5.10 Å². The van der Waals surface area contributed by atoms with E-state index in [1.54, 1.807) is 24.3 Å². The smallest absolute Gasteiger partial charge is 0.311 e. The second-order valence-corrected chi connectivity index (χ2v) is 8.21. The Morgan fingerprint density at radius 3 is 2.27 bits per heavy atom. The van der Waals surface area contributed by atoms with Gasteiger partial charge >= 0.3 is 5.97 Å². The molecule has 168 valence electrons. The van der Waals surface area contributed by atoms with Crippen LogP contribution >= 0.6 is 0 Å². The van der Waals surface area contributed by atoms with Crippen LogP contribution in [0.1, 0.15) is 17.5 Å². The van der Waals surface area contributed by atoms with Crippen LogP contribution in [0.4, 0.5) is 0 Å². The molecule has 1 aromatic heterocycles. The summed E-state index contributed by atoms with van der Waals surface area (Å²) in [5, 5.41) is 28.5. The molecule has 0 aliphatic heterocycles. The van der Waals surface area contributed by atoms with Crippen molar-refractivity contribution < 1.29 is 15.0 Å². The van der Waals surface area contributed by atoms with Gasteiger partial charge in [0.25, 0.3) is 5.56 Å². The number of benzene rings is 3. The molecule has 33 heavy (non-hydrogen) atoms. The molecule has 4 rings (SSSR count). The lowest BCUT2D eigenvalue weighted by atomic mass is 9.95. The molecule has 0 saturated carbocycles. The fraction of sp³-hybridized carbons (Fsp3) is 0.231. The molecule has 0 radical (unpaired) electrons. The third-order valence-electron chi connectivity index (χ3n) is 5.85. The highest BCUT2D eigenvalue weighted by Crippen LogP contribution is 2.21. The average Bonchev–Trinajstić information content (AvgIpc) is 2.83. The topological polar surface area (TPSA) is 105 Å². The number of fused-ring (bicyclic) bond motifs is 1. The Balaban J connectivity index is 1.43. The zero-order valence-electron chi connectivity index (χ0n) is 18.3. The van der Waals surface area contributed by atoms with Crippen molar-refractivity contribution in [1.29, 1.82) is 0 Å².